The maximum absolute atomic E-state index is 12.4. The van der Waals surface area contributed by atoms with Crippen molar-refractivity contribution in [2.24, 2.45) is 0 Å². The third kappa shape index (κ3) is 5.86. The van der Waals surface area contributed by atoms with Crippen LogP contribution in [0.25, 0.3) is 0 Å². The molecule has 140 valence electrons. The maximum atomic E-state index is 12.4. The first-order chi connectivity index (χ1) is 12.3. The average Bonchev–Trinajstić information content (AvgIpc) is 2.61. The van der Waals surface area contributed by atoms with E-state index in [2.05, 4.69) is 5.32 Å². The van der Waals surface area contributed by atoms with Gasteiger partial charge in [0.15, 0.2) is 0 Å². The van der Waals surface area contributed by atoms with Gasteiger partial charge in [0.2, 0.25) is 15.9 Å². The van der Waals surface area contributed by atoms with Crippen LogP contribution in [0, 0.1) is 0 Å². The summed E-state index contributed by atoms with van der Waals surface area (Å²) in [5, 5.41) is 2.84. The number of benzene rings is 2. The lowest BCUT2D eigenvalue weighted by Gasteiger charge is -2.21. The smallest absolute Gasteiger partial charge is 0.235 e. The Bertz CT molecular complexity index is 820. The molecule has 0 heterocycles. The lowest BCUT2D eigenvalue weighted by atomic mass is 10.1. The van der Waals surface area contributed by atoms with Crippen LogP contribution in [0.5, 0.6) is 5.75 Å². The van der Waals surface area contributed by atoms with Crippen molar-refractivity contribution >= 4 is 15.9 Å². The number of amides is 1. The SMILES string of the molecule is COc1ccc([C@H](C)NC(=O)CN(Cc2ccccc2)S(C)(=O)=O)cc1. The van der Waals surface area contributed by atoms with Gasteiger partial charge in [-0.2, -0.15) is 4.31 Å². The van der Waals surface area contributed by atoms with Crippen LogP contribution < -0.4 is 10.1 Å². The zero-order valence-electron chi connectivity index (χ0n) is 15.2. The lowest BCUT2D eigenvalue weighted by Crippen LogP contribution is -2.40. The van der Waals surface area contributed by atoms with Gasteiger partial charge < -0.3 is 10.1 Å². The van der Waals surface area contributed by atoms with Gasteiger partial charge in [0.05, 0.1) is 26.0 Å². The molecule has 2 aromatic carbocycles. The zero-order chi connectivity index (χ0) is 19.2. The predicted octanol–water partition coefficient (Wildman–Crippen LogP) is 2.33. The summed E-state index contributed by atoms with van der Waals surface area (Å²) in [6, 6.07) is 16.3. The topological polar surface area (TPSA) is 75.7 Å². The molecular weight excluding hydrogens is 352 g/mol. The van der Waals surface area contributed by atoms with E-state index in [0.29, 0.717) is 0 Å². The van der Waals surface area contributed by atoms with E-state index in [1.807, 2.05) is 61.5 Å². The van der Waals surface area contributed by atoms with Crippen molar-refractivity contribution in [3.05, 3.63) is 65.7 Å². The number of ether oxygens (including phenoxy) is 1. The summed E-state index contributed by atoms with van der Waals surface area (Å²) < 4.78 is 30.3. The molecule has 0 radical (unpaired) electrons. The highest BCUT2D eigenvalue weighted by Gasteiger charge is 2.21. The Morgan fingerprint density at radius 3 is 2.27 bits per heavy atom. The number of methoxy groups -OCH3 is 1. The summed E-state index contributed by atoms with van der Waals surface area (Å²) in [5.41, 5.74) is 1.74. The number of nitrogens with one attached hydrogen (secondary N) is 1. The Labute approximate surface area is 154 Å². The fourth-order valence-corrected chi connectivity index (χ4v) is 3.24. The number of hydrogen-bond donors (Lipinski definition) is 1. The van der Waals surface area contributed by atoms with Crippen LogP contribution >= 0.6 is 0 Å². The molecule has 26 heavy (non-hydrogen) atoms. The number of sulfonamides is 1. The second-order valence-electron chi connectivity index (χ2n) is 6.08. The average molecular weight is 376 g/mol. The number of rotatable bonds is 8. The van der Waals surface area contributed by atoms with Crippen LogP contribution in [0.15, 0.2) is 54.6 Å². The van der Waals surface area contributed by atoms with Crippen molar-refractivity contribution in [3.8, 4) is 5.75 Å². The van der Waals surface area contributed by atoms with Gasteiger partial charge in [0.25, 0.3) is 0 Å². The van der Waals surface area contributed by atoms with Crippen LogP contribution in [0.4, 0.5) is 0 Å². The fourth-order valence-electron chi connectivity index (χ4n) is 2.50. The minimum absolute atomic E-state index is 0.157. The van der Waals surface area contributed by atoms with E-state index in [-0.39, 0.29) is 25.0 Å². The molecule has 2 rings (SSSR count). The van der Waals surface area contributed by atoms with Crippen molar-refractivity contribution < 1.29 is 17.9 Å². The van der Waals surface area contributed by atoms with Gasteiger partial charge in [-0.1, -0.05) is 42.5 Å². The van der Waals surface area contributed by atoms with Crippen LogP contribution in [0.2, 0.25) is 0 Å². The van der Waals surface area contributed by atoms with Crippen LogP contribution in [0.1, 0.15) is 24.1 Å². The minimum Gasteiger partial charge on any atom is -0.497 e. The molecule has 2 aromatic rings. The molecule has 0 spiro atoms. The molecule has 1 amide bonds. The molecule has 0 aliphatic heterocycles. The maximum Gasteiger partial charge on any atom is 0.235 e. The summed E-state index contributed by atoms with van der Waals surface area (Å²) in [7, 11) is -1.92. The standard InChI is InChI=1S/C19H24N2O4S/c1-15(17-9-11-18(25-2)12-10-17)20-19(22)14-21(26(3,23)24)13-16-7-5-4-6-8-16/h4-12,15H,13-14H2,1-3H3,(H,20,22)/t15-/m0/s1. The van der Waals surface area contributed by atoms with Gasteiger partial charge >= 0.3 is 0 Å². The molecule has 0 aromatic heterocycles. The Morgan fingerprint density at radius 1 is 1.12 bits per heavy atom. The second kappa shape index (κ2) is 8.82. The lowest BCUT2D eigenvalue weighted by molar-refractivity contribution is -0.122. The second-order valence-corrected chi connectivity index (χ2v) is 8.06. The number of hydrogen-bond acceptors (Lipinski definition) is 4. The fraction of sp³-hybridized carbons (Fsp3) is 0.316. The van der Waals surface area contributed by atoms with Crippen LogP contribution in [0.3, 0.4) is 0 Å². The molecule has 0 bridgehead atoms. The van der Waals surface area contributed by atoms with Crippen LogP contribution in [-0.2, 0) is 21.4 Å². The summed E-state index contributed by atoms with van der Waals surface area (Å²) in [6.45, 7) is 1.78. The summed E-state index contributed by atoms with van der Waals surface area (Å²) in [6.07, 6.45) is 1.11. The van der Waals surface area contributed by atoms with Gasteiger partial charge in [0.1, 0.15) is 5.75 Å². The molecule has 0 saturated heterocycles. The van der Waals surface area contributed by atoms with Gasteiger partial charge in [-0.05, 0) is 30.2 Å². The van der Waals surface area contributed by atoms with E-state index in [1.165, 1.54) is 4.31 Å². The van der Waals surface area contributed by atoms with E-state index >= 15 is 0 Å². The van der Waals surface area contributed by atoms with Gasteiger partial charge in [-0.15, -0.1) is 0 Å². The molecule has 1 atom stereocenters. The first-order valence-electron chi connectivity index (χ1n) is 8.22. The molecule has 0 aliphatic carbocycles. The number of carbonyl (C=O) groups is 1. The molecule has 7 heteroatoms. The van der Waals surface area contributed by atoms with Crippen LogP contribution in [-0.4, -0.2) is 38.5 Å². The van der Waals surface area contributed by atoms with E-state index in [0.717, 1.165) is 23.1 Å². The molecule has 0 fully saturated rings. The Kier molecular flexibility index (Phi) is 6.76. The van der Waals surface area contributed by atoms with Crippen molar-refractivity contribution in [1.82, 2.24) is 9.62 Å². The highest BCUT2D eigenvalue weighted by molar-refractivity contribution is 7.88. The van der Waals surface area contributed by atoms with Gasteiger partial charge in [0, 0.05) is 6.54 Å². The first-order valence-corrected chi connectivity index (χ1v) is 10.1. The molecule has 6 nitrogen and oxygen atoms in total. The molecule has 0 unspecified atom stereocenters. The normalized spacial score (nSPS) is 12.6. The van der Waals surface area contributed by atoms with Crippen molar-refractivity contribution in [3.63, 3.8) is 0 Å². The highest BCUT2D eigenvalue weighted by atomic mass is 32.2. The van der Waals surface area contributed by atoms with E-state index < -0.39 is 10.0 Å². The van der Waals surface area contributed by atoms with Crippen molar-refractivity contribution in [2.45, 2.75) is 19.5 Å². The highest BCUT2D eigenvalue weighted by Crippen LogP contribution is 2.17. The van der Waals surface area contributed by atoms with E-state index in [4.69, 9.17) is 4.74 Å². The molecule has 1 N–H and O–H groups in total. The van der Waals surface area contributed by atoms with Gasteiger partial charge in [-0.25, -0.2) is 8.42 Å². The minimum atomic E-state index is -3.51. The van der Waals surface area contributed by atoms with Crippen molar-refractivity contribution in [1.29, 1.82) is 0 Å². The number of carbonyl (C=O) groups excluding carboxylic acids is 1. The Hall–Kier alpha value is -2.38. The van der Waals surface area contributed by atoms with Crippen molar-refractivity contribution in [2.75, 3.05) is 19.9 Å². The van der Waals surface area contributed by atoms with E-state index in [9.17, 15) is 13.2 Å². The third-order valence-corrected chi connectivity index (χ3v) is 5.18. The third-order valence-electron chi connectivity index (χ3n) is 3.98. The molecule has 0 aliphatic rings. The Balaban J connectivity index is 2.02. The number of nitrogens with zero attached hydrogens (tertiary/aromatic N) is 1. The first kappa shape index (κ1) is 19.9. The zero-order valence-corrected chi connectivity index (χ0v) is 16.0. The van der Waals surface area contributed by atoms with Gasteiger partial charge in [-0.3, -0.25) is 4.79 Å². The summed E-state index contributed by atoms with van der Waals surface area (Å²) >= 11 is 0. The Morgan fingerprint density at radius 2 is 1.73 bits per heavy atom. The molecular formula is C19H24N2O4S. The summed E-state index contributed by atoms with van der Waals surface area (Å²) in [4.78, 5) is 12.4. The largest absolute Gasteiger partial charge is 0.497 e. The predicted molar refractivity (Wildman–Crippen MR) is 101 cm³/mol. The molecule has 0 saturated carbocycles. The quantitative estimate of drug-likeness (QED) is 0.767. The van der Waals surface area contributed by atoms with E-state index in [1.54, 1.807) is 7.11 Å². The monoisotopic (exact) mass is 376 g/mol. The summed E-state index contributed by atoms with van der Waals surface area (Å²) in [5.74, 6) is 0.382.